The van der Waals surface area contributed by atoms with Gasteiger partial charge < -0.3 is 10.1 Å². The van der Waals surface area contributed by atoms with Crippen LogP contribution in [-0.2, 0) is 17.3 Å². The first-order valence-corrected chi connectivity index (χ1v) is 7.24. The molecule has 1 N–H and O–H groups in total. The summed E-state index contributed by atoms with van der Waals surface area (Å²) in [5, 5.41) is 3.18. The Balaban J connectivity index is 2.96. The molecule has 0 aliphatic rings. The lowest BCUT2D eigenvalue weighted by Gasteiger charge is -2.37. The van der Waals surface area contributed by atoms with Crippen LogP contribution < -0.4 is 5.32 Å². The molecule has 2 unspecified atom stereocenters. The Morgan fingerprint density at radius 1 is 1.24 bits per heavy atom. The third-order valence-corrected chi connectivity index (χ3v) is 3.96. The van der Waals surface area contributed by atoms with Crippen LogP contribution >= 0.6 is 0 Å². The zero-order valence-corrected chi connectivity index (χ0v) is 13.1. The minimum atomic E-state index is -4.31. The number of alkyl halides is 3. The summed E-state index contributed by atoms with van der Waals surface area (Å²) >= 11 is 0. The van der Waals surface area contributed by atoms with Crippen molar-refractivity contribution in [2.75, 3.05) is 13.7 Å². The van der Waals surface area contributed by atoms with Gasteiger partial charge in [-0.25, -0.2) is 0 Å². The van der Waals surface area contributed by atoms with Gasteiger partial charge in [0.1, 0.15) is 0 Å². The molecule has 1 aromatic rings. The predicted molar refractivity (Wildman–Crippen MR) is 78.3 cm³/mol. The monoisotopic (exact) mass is 303 g/mol. The topological polar surface area (TPSA) is 21.3 Å². The van der Waals surface area contributed by atoms with E-state index in [0.717, 1.165) is 12.5 Å². The Kier molecular flexibility index (Phi) is 6.23. The van der Waals surface area contributed by atoms with E-state index in [2.05, 4.69) is 5.32 Å². The minimum Gasteiger partial charge on any atom is -0.374 e. The van der Waals surface area contributed by atoms with E-state index in [1.807, 2.05) is 27.8 Å². The first-order valence-electron chi connectivity index (χ1n) is 7.24. The van der Waals surface area contributed by atoms with Gasteiger partial charge in [-0.05, 0) is 45.4 Å². The molecule has 0 fully saturated rings. The van der Waals surface area contributed by atoms with Crippen molar-refractivity contribution in [1.82, 2.24) is 5.32 Å². The van der Waals surface area contributed by atoms with Crippen LogP contribution in [0.25, 0.3) is 0 Å². The van der Waals surface area contributed by atoms with Crippen molar-refractivity contribution in [3.05, 3.63) is 35.4 Å². The van der Waals surface area contributed by atoms with Crippen LogP contribution in [0.3, 0.4) is 0 Å². The highest BCUT2D eigenvalue weighted by Gasteiger charge is 2.34. The third kappa shape index (κ3) is 4.71. The molecular formula is C16H24F3NO. The molecule has 0 radical (unpaired) electrons. The highest BCUT2D eigenvalue weighted by molar-refractivity contribution is 5.26. The molecule has 21 heavy (non-hydrogen) atoms. The molecule has 120 valence electrons. The highest BCUT2D eigenvalue weighted by Crippen LogP contribution is 2.30. The van der Waals surface area contributed by atoms with Crippen molar-refractivity contribution in [3.8, 4) is 0 Å². The third-order valence-electron chi connectivity index (χ3n) is 3.96. The van der Waals surface area contributed by atoms with Crippen LogP contribution in [0.1, 0.15) is 38.3 Å². The summed E-state index contributed by atoms with van der Waals surface area (Å²) in [7, 11) is 1.81. The lowest BCUT2D eigenvalue weighted by molar-refractivity contribution is -0.137. The zero-order chi connectivity index (χ0) is 16.1. The van der Waals surface area contributed by atoms with Gasteiger partial charge in [0.05, 0.1) is 11.2 Å². The summed E-state index contributed by atoms with van der Waals surface area (Å²) in [6.07, 6.45) is -3.03. The summed E-state index contributed by atoms with van der Waals surface area (Å²) in [6.45, 7) is 6.51. The van der Waals surface area contributed by atoms with Crippen molar-refractivity contribution in [3.63, 3.8) is 0 Å². The molecule has 0 aromatic heterocycles. The zero-order valence-electron chi connectivity index (χ0n) is 13.1. The van der Waals surface area contributed by atoms with E-state index < -0.39 is 17.3 Å². The van der Waals surface area contributed by atoms with Gasteiger partial charge in [-0.15, -0.1) is 0 Å². The van der Waals surface area contributed by atoms with Crippen molar-refractivity contribution < 1.29 is 17.9 Å². The number of benzene rings is 1. The Morgan fingerprint density at radius 2 is 1.90 bits per heavy atom. The van der Waals surface area contributed by atoms with E-state index in [9.17, 15) is 13.2 Å². The maximum atomic E-state index is 12.8. The lowest BCUT2D eigenvalue weighted by Crippen LogP contribution is -2.50. The number of likely N-dealkylation sites (N-methyl/N-ethyl adjacent to an activating group) is 1. The van der Waals surface area contributed by atoms with E-state index in [0.29, 0.717) is 18.6 Å². The standard InChI is InChI=1S/C16H24F3NO/c1-5-15(3,21-6-2)14(20-4)11-12-8-7-9-13(10-12)16(17,18)19/h7-10,14,20H,5-6,11H2,1-4H3. The van der Waals surface area contributed by atoms with Gasteiger partial charge in [0.15, 0.2) is 0 Å². The summed E-state index contributed by atoms with van der Waals surface area (Å²) in [5.41, 5.74) is -0.356. The van der Waals surface area contributed by atoms with E-state index in [-0.39, 0.29) is 6.04 Å². The van der Waals surface area contributed by atoms with Crippen molar-refractivity contribution in [2.45, 2.75) is 51.4 Å². The molecule has 1 aromatic carbocycles. The van der Waals surface area contributed by atoms with E-state index in [1.165, 1.54) is 12.1 Å². The van der Waals surface area contributed by atoms with Gasteiger partial charge in [-0.2, -0.15) is 13.2 Å². The molecule has 2 atom stereocenters. The number of nitrogens with one attached hydrogen (secondary N) is 1. The second kappa shape index (κ2) is 7.27. The fourth-order valence-electron chi connectivity index (χ4n) is 2.51. The molecule has 2 nitrogen and oxygen atoms in total. The van der Waals surface area contributed by atoms with Gasteiger partial charge in [0, 0.05) is 12.6 Å². The largest absolute Gasteiger partial charge is 0.416 e. The average Bonchev–Trinajstić information content (AvgIpc) is 2.44. The molecule has 0 bridgehead atoms. The van der Waals surface area contributed by atoms with Gasteiger partial charge in [-0.3, -0.25) is 0 Å². The van der Waals surface area contributed by atoms with Crippen LogP contribution in [0, 0.1) is 0 Å². The van der Waals surface area contributed by atoms with E-state index >= 15 is 0 Å². The van der Waals surface area contributed by atoms with Crippen molar-refractivity contribution in [1.29, 1.82) is 0 Å². The van der Waals surface area contributed by atoms with Crippen LogP contribution in [0.2, 0.25) is 0 Å². The number of hydrogen-bond donors (Lipinski definition) is 1. The molecule has 0 spiro atoms. The first kappa shape index (κ1) is 18.0. The molecule has 5 heteroatoms. The van der Waals surface area contributed by atoms with E-state index in [4.69, 9.17) is 4.74 Å². The molecule has 0 heterocycles. The Labute approximate surface area is 124 Å². The smallest absolute Gasteiger partial charge is 0.374 e. The Bertz CT molecular complexity index is 447. The maximum absolute atomic E-state index is 12.8. The number of ether oxygens (including phenoxy) is 1. The van der Waals surface area contributed by atoms with Crippen molar-refractivity contribution in [2.24, 2.45) is 0 Å². The predicted octanol–water partition coefficient (Wildman–Crippen LogP) is 4.04. The minimum absolute atomic E-state index is 0.0501. The van der Waals surface area contributed by atoms with Gasteiger partial charge in [0.25, 0.3) is 0 Å². The number of rotatable bonds is 7. The normalized spacial score (nSPS) is 16.5. The second-order valence-electron chi connectivity index (χ2n) is 5.34. The molecule has 0 aliphatic heterocycles. The van der Waals surface area contributed by atoms with Gasteiger partial charge in [0.2, 0.25) is 0 Å². The van der Waals surface area contributed by atoms with Gasteiger partial charge >= 0.3 is 6.18 Å². The van der Waals surface area contributed by atoms with E-state index in [1.54, 1.807) is 6.07 Å². The van der Waals surface area contributed by atoms with Crippen LogP contribution in [0.4, 0.5) is 13.2 Å². The molecule has 1 rings (SSSR count). The summed E-state index contributed by atoms with van der Waals surface area (Å²) in [5.74, 6) is 0. The molecule has 0 saturated carbocycles. The number of halogens is 3. The quantitative estimate of drug-likeness (QED) is 0.821. The maximum Gasteiger partial charge on any atom is 0.416 e. The summed E-state index contributed by atoms with van der Waals surface area (Å²) in [4.78, 5) is 0. The molecular weight excluding hydrogens is 279 g/mol. The van der Waals surface area contributed by atoms with Crippen LogP contribution in [-0.4, -0.2) is 25.3 Å². The fourth-order valence-corrected chi connectivity index (χ4v) is 2.51. The SMILES string of the molecule is CCOC(C)(CC)C(Cc1cccc(C(F)(F)F)c1)NC. The first-order chi connectivity index (χ1) is 9.76. The number of hydrogen-bond acceptors (Lipinski definition) is 2. The highest BCUT2D eigenvalue weighted by atomic mass is 19.4. The fraction of sp³-hybridized carbons (Fsp3) is 0.625. The molecule has 0 amide bonds. The van der Waals surface area contributed by atoms with Crippen molar-refractivity contribution >= 4 is 0 Å². The van der Waals surface area contributed by atoms with Gasteiger partial charge in [-0.1, -0.05) is 25.1 Å². The summed E-state index contributed by atoms with van der Waals surface area (Å²) < 4.78 is 44.1. The Hall–Kier alpha value is -1.07. The molecule has 0 aliphatic carbocycles. The van der Waals surface area contributed by atoms with Crippen LogP contribution in [0.5, 0.6) is 0 Å². The van der Waals surface area contributed by atoms with Crippen LogP contribution in [0.15, 0.2) is 24.3 Å². The average molecular weight is 303 g/mol. The second-order valence-corrected chi connectivity index (χ2v) is 5.34. The Morgan fingerprint density at radius 3 is 2.38 bits per heavy atom. The summed E-state index contributed by atoms with van der Waals surface area (Å²) in [6, 6.07) is 5.44. The molecule has 0 saturated heterocycles. The lowest BCUT2D eigenvalue weighted by atomic mass is 9.88.